The van der Waals surface area contributed by atoms with Gasteiger partial charge in [0.1, 0.15) is 17.2 Å². The Morgan fingerprint density at radius 1 is 0.850 bits per heavy atom. The summed E-state index contributed by atoms with van der Waals surface area (Å²) >= 11 is 0. The summed E-state index contributed by atoms with van der Waals surface area (Å²) < 4.78 is 81.3. The largest absolute Gasteiger partial charge is 0.496 e. The Balaban J connectivity index is 2.83. The van der Waals surface area contributed by atoms with Gasteiger partial charge in [-0.15, -0.1) is 0 Å². The molecule has 0 aliphatic heterocycles. The monoisotopic (exact) mass is 281 g/mol. The van der Waals surface area contributed by atoms with Crippen LogP contribution in [0.4, 0.5) is 0 Å². The fraction of sp³-hybridized carbons (Fsp3) is 0.294. The Labute approximate surface area is 132 Å². The van der Waals surface area contributed by atoms with Crippen LogP contribution in [0.1, 0.15) is 23.5 Å². The van der Waals surface area contributed by atoms with Crippen molar-refractivity contribution in [3.8, 4) is 28.4 Å². The van der Waals surface area contributed by atoms with Gasteiger partial charge in [-0.3, -0.25) is 0 Å². The zero-order valence-electron chi connectivity index (χ0n) is 20.1. The van der Waals surface area contributed by atoms with Crippen LogP contribution in [0, 0.1) is 13.8 Å². The van der Waals surface area contributed by atoms with Crippen LogP contribution >= 0.6 is 0 Å². The molecule has 0 saturated carbocycles. The maximum absolute atomic E-state index is 7.43. The molecule has 0 aliphatic carbocycles. The number of hydrogen-bond donors (Lipinski definition) is 0. The number of rotatable bonds is 4. The van der Waals surface area contributed by atoms with Crippen molar-refractivity contribution in [2.24, 2.45) is 0 Å². The van der Waals surface area contributed by atoms with Crippen LogP contribution in [0.3, 0.4) is 0 Å². The molecule has 0 fully saturated rings. The fourth-order valence-corrected chi connectivity index (χ4v) is 2.06. The molecule has 0 unspecified atom stereocenters. The Morgan fingerprint density at radius 3 is 2.10 bits per heavy atom. The van der Waals surface area contributed by atoms with Gasteiger partial charge in [-0.2, -0.15) is 0 Å². The van der Waals surface area contributed by atoms with E-state index < -0.39 is 21.1 Å². The topological polar surface area (TPSA) is 27.7 Å². The first kappa shape index (κ1) is 6.53. The van der Waals surface area contributed by atoms with E-state index in [0.29, 0.717) is 11.1 Å². The molecule has 2 aromatic rings. The summed E-state index contributed by atoms with van der Waals surface area (Å²) in [6.45, 7) is 3.56. The summed E-state index contributed by atoms with van der Waals surface area (Å²) in [5.41, 5.74) is 2.07. The van der Waals surface area contributed by atoms with Crippen LogP contribution in [0.15, 0.2) is 30.3 Å². The number of benzene rings is 2. The fourth-order valence-electron chi connectivity index (χ4n) is 2.06. The van der Waals surface area contributed by atoms with Crippen molar-refractivity contribution in [3.05, 3.63) is 41.5 Å². The Morgan fingerprint density at radius 2 is 1.50 bits per heavy atom. The maximum atomic E-state index is 7.43. The minimum atomic E-state index is -2.89. The first-order chi connectivity index (χ1) is 13.0. The van der Waals surface area contributed by atoms with E-state index in [9.17, 15) is 0 Å². The normalized spacial score (nSPS) is 18.8. The lowest BCUT2D eigenvalue weighted by Gasteiger charge is -2.17. The standard InChI is InChI=1S/C17H20O3/c1-11-6-7-12(2)14(8-11)17-15(19-4)9-13(18-3)10-16(17)20-5/h6-10H,1-5H3/i3D3,4D3,5D3. The van der Waals surface area contributed by atoms with Gasteiger partial charge < -0.3 is 14.2 Å². The molecule has 0 atom stereocenters. The molecule has 106 valence electrons. The Bertz CT molecular complexity index is 846. The van der Waals surface area contributed by atoms with Crippen molar-refractivity contribution in [2.75, 3.05) is 21.1 Å². The first-order valence-corrected chi connectivity index (χ1v) is 5.87. The smallest absolute Gasteiger partial charge is 0.134 e. The van der Waals surface area contributed by atoms with Crippen LogP contribution < -0.4 is 14.2 Å². The van der Waals surface area contributed by atoms with Gasteiger partial charge in [0.25, 0.3) is 0 Å². The second kappa shape index (κ2) is 5.87. The number of methoxy groups -OCH3 is 3. The van der Waals surface area contributed by atoms with Crippen LogP contribution in [0.2, 0.25) is 0 Å². The molecule has 2 rings (SSSR count). The van der Waals surface area contributed by atoms with E-state index in [-0.39, 0.29) is 22.8 Å². The molecule has 20 heavy (non-hydrogen) atoms. The molecule has 0 aromatic heterocycles. The van der Waals surface area contributed by atoms with Crippen LogP contribution in [0.25, 0.3) is 11.1 Å². The molecule has 0 bridgehead atoms. The van der Waals surface area contributed by atoms with Gasteiger partial charge in [0.2, 0.25) is 0 Å². The lowest BCUT2D eigenvalue weighted by Crippen LogP contribution is -1.96. The van der Waals surface area contributed by atoms with E-state index in [2.05, 4.69) is 0 Å². The maximum Gasteiger partial charge on any atom is 0.134 e. The molecular formula is C17H20O3. The average molecular weight is 281 g/mol. The number of ether oxygens (including phenoxy) is 3. The molecule has 3 nitrogen and oxygen atoms in total. The highest BCUT2D eigenvalue weighted by molar-refractivity contribution is 5.80. The molecule has 0 aliphatic rings. The first-order valence-electron chi connectivity index (χ1n) is 10.4. The summed E-state index contributed by atoms with van der Waals surface area (Å²) in [6.07, 6.45) is 0. The SMILES string of the molecule is [2H]C([2H])([2H])Oc1cc(OC([2H])([2H])[2H])c(-c2cc(C)ccc2C)c(OC([2H])([2H])[2H])c1. The second-order valence-electron chi connectivity index (χ2n) is 4.42. The van der Waals surface area contributed by atoms with Crippen molar-refractivity contribution >= 4 is 0 Å². The Kier molecular flexibility index (Phi) is 1.91. The van der Waals surface area contributed by atoms with E-state index in [1.807, 2.05) is 13.0 Å². The molecule has 0 N–H and O–H groups in total. The van der Waals surface area contributed by atoms with Crippen molar-refractivity contribution in [2.45, 2.75) is 13.8 Å². The van der Waals surface area contributed by atoms with Crippen molar-refractivity contribution in [1.29, 1.82) is 0 Å². The van der Waals surface area contributed by atoms with E-state index in [1.54, 1.807) is 19.1 Å². The van der Waals surface area contributed by atoms with Gasteiger partial charge in [-0.05, 0) is 25.0 Å². The summed E-state index contributed by atoms with van der Waals surface area (Å²) in [5, 5.41) is 0. The van der Waals surface area contributed by atoms with Gasteiger partial charge >= 0.3 is 0 Å². The summed E-state index contributed by atoms with van der Waals surface area (Å²) in [5.74, 6) is -0.906. The average Bonchev–Trinajstić information content (AvgIpc) is 2.45. The van der Waals surface area contributed by atoms with Crippen LogP contribution in [0.5, 0.6) is 17.2 Å². The van der Waals surface area contributed by atoms with Gasteiger partial charge in [0.05, 0.1) is 39.0 Å². The highest BCUT2D eigenvalue weighted by Crippen LogP contribution is 2.43. The second-order valence-corrected chi connectivity index (χ2v) is 4.42. The van der Waals surface area contributed by atoms with Gasteiger partial charge in [0, 0.05) is 12.1 Å². The van der Waals surface area contributed by atoms with Crippen molar-refractivity contribution in [3.63, 3.8) is 0 Å². The summed E-state index contributed by atoms with van der Waals surface area (Å²) in [7, 11) is -8.63. The molecule has 0 spiro atoms. The molecule has 2 aromatic carbocycles. The molecular weight excluding hydrogens is 252 g/mol. The number of hydrogen-bond acceptors (Lipinski definition) is 3. The highest BCUT2D eigenvalue weighted by atomic mass is 16.5. The van der Waals surface area contributed by atoms with Gasteiger partial charge in [-0.1, -0.05) is 23.8 Å². The molecule has 0 saturated heterocycles. The van der Waals surface area contributed by atoms with E-state index in [1.165, 1.54) is 0 Å². The summed E-state index contributed by atoms with van der Waals surface area (Å²) in [4.78, 5) is 0. The summed E-state index contributed by atoms with van der Waals surface area (Å²) in [6, 6.07) is 7.49. The Hall–Kier alpha value is -2.16. The van der Waals surface area contributed by atoms with Gasteiger partial charge in [-0.25, -0.2) is 0 Å². The molecule has 0 radical (unpaired) electrons. The predicted molar refractivity (Wildman–Crippen MR) is 81.0 cm³/mol. The van der Waals surface area contributed by atoms with E-state index >= 15 is 0 Å². The van der Waals surface area contributed by atoms with Crippen LogP contribution in [-0.4, -0.2) is 21.1 Å². The van der Waals surface area contributed by atoms with Crippen molar-refractivity contribution < 1.29 is 26.5 Å². The minimum Gasteiger partial charge on any atom is -0.496 e. The molecule has 3 heteroatoms. The van der Waals surface area contributed by atoms with Gasteiger partial charge in [0.15, 0.2) is 0 Å². The van der Waals surface area contributed by atoms with Crippen LogP contribution in [-0.2, 0) is 0 Å². The zero-order valence-corrected chi connectivity index (χ0v) is 11.1. The molecule has 0 amide bonds. The third kappa shape index (κ3) is 2.57. The zero-order chi connectivity index (χ0) is 22.2. The van der Waals surface area contributed by atoms with E-state index in [4.69, 9.17) is 26.5 Å². The number of aryl methyl sites for hydroxylation is 2. The van der Waals surface area contributed by atoms with E-state index in [0.717, 1.165) is 17.7 Å². The third-order valence-corrected chi connectivity index (χ3v) is 3.04. The predicted octanol–water partition coefficient (Wildman–Crippen LogP) is 4.00. The lowest BCUT2D eigenvalue weighted by molar-refractivity contribution is 0.377. The minimum absolute atomic E-state index is 0.0661. The third-order valence-electron chi connectivity index (χ3n) is 3.04. The highest BCUT2D eigenvalue weighted by Gasteiger charge is 2.16. The quantitative estimate of drug-likeness (QED) is 0.848. The van der Waals surface area contributed by atoms with Crippen molar-refractivity contribution in [1.82, 2.24) is 0 Å². The molecule has 0 heterocycles. The lowest BCUT2D eigenvalue weighted by atomic mass is 9.96.